The molecule has 0 saturated carbocycles. The quantitative estimate of drug-likeness (QED) is 0.507. The number of nitrogens with zero attached hydrogens (tertiary/aromatic N) is 2. The van der Waals surface area contributed by atoms with E-state index < -0.39 is 15.3 Å². The van der Waals surface area contributed by atoms with Gasteiger partial charge in [0, 0.05) is 24.9 Å². The van der Waals surface area contributed by atoms with Crippen molar-refractivity contribution in [2.24, 2.45) is 4.99 Å². The third kappa shape index (κ3) is 5.45. The summed E-state index contributed by atoms with van der Waals surface area (Å²) in [4.78, 5) is 6.49. The molecule has 0 amide bonds. The second-order valence-electron chi connectivity index (χ2n) is 7.74. The van der Waals surface area contributed by atoms with E-state index in [1.807, 2.05) is 97.2 Å². The maximum Gasteiger partial charge on any atom is 0.224 e. The Bertz CT molecular complexity index is 1190. The summed E-state index contributed by atoms with van der Waals surface area (Å²) < 4.78 is 32.1. The summed E-state index contributed by atoms with van der Waals surface area (Å²) in [6.07, 6.45) is 4.35. The highest BCUT2D eigenvalue weighted by Gasteiger charge is 2.32. The third-order valence-corrected chi connectivity index (χ3v) is 7.06. The minimum atomic E-state index is -3.58. The smallest absolute Gasteiger partial charge is 0.224 e. The van der Waals surface area contributed by atoms with Crippen molar-refractivity contribution in [1.82, 2.24) is 4.90 Å². The third-order valence-electron chi connectivity index (χ3n) is 5.30. The van der Waals surface area contributed by atoms with Crippen molar-refractivity contribution in [3.05, 3.63) is 114 Å². The summed E-state index contributed by atoms with van der Waals surface area (Å²) in [6.45, 7) is 0.432. The molecule has 6 heteroatoms. The van der Waals surface area contributed by atoms with Crippen molar-refractivity contribution in [2.75, 3.05) is 7.11 Å². The van der Waals surface area contributed by atoms with E-state index in [0.29, 0.717) is 13.0 Å². The van der Waals surface area contributed by atoms with Crippen LogP contribution in [0.2, 0.25) is 0 Å². The summed E-state index contributed by atoms with van der Waals surface area (Å²) in [5.41, 5.74) is 2.61. The molecule has 1 unspecified atom stereocenters. The molecule has 1 aliphatic heterocycles. The number of methoxy groups -OCH3 is 1. The van der Waals surface area contributed by atoms with Gasteiger partial charge in [0.2, 0.25) is 5.50 Å². The molecule has 0 fully saturated rings. The topological polar surface area (TPSA) is 59.0 Å². The highest BCUT2D eigenvalue weighted by molar-refractivity contribution is 7.91. The lowest BCUT2D eigenvalue weighted by atomic mass is 10.1. The summed E-state index contributed by atoms with van der Waals surface area (Å²) >= 11 is 0. The molecule has 164 valence electrons. The molecule has 0 radical (unpaired) electrons. The number of ether oxygens (including phenoxy) is 1. The van der Waals surface area contributed by atoms with Gasteiger partial charge < -0.3 is 9.64 Å². The van der Waals surface area contributed by atoms with Crippen molar-refractivity contribution in [2.45, 2.75) is 24.2 Å². The molecule has 0 N–H and O–H groups in total. The normalized spacial score (nSPS) is 16.0. The fourth-order valence-corrected chi connectivity index (χ4v) is 5.32. The first-order valence-corrected chi connectivity index (χ1v) is 12.2. The summed E-state index contributed by atoms with van der Waals surface area (Å²) in [7, 11) is -1.96. The standard InChI is InChI=1S/C26H26N2O3S/c1-31-25-14-12-22(13-15-25)19-28-17-16-24(18-21-8-4-2-5-9-21)27-26(28)32(29,30)20-23-10-6-3-7-11-23/h2-17,26H,18-20H2,1H3. The van der Waals surface area contributed by atoms with Gasteiger partial charge in [0.05, 0.1) is 12.9 Å². The molecule has 3 aromatic carbocycles. The first-order valence-electron chi connectivity index (χ1n) is 10.5. The summed E-state index contributed by atoms with van der Waals surface area (Å²) in [5.74, 6) is 0.701. The van der Waals surface area contributed by atoms with E-state index in [9.17, 15) is 8.42 Å². The Balaban J connectivity index is 1.61. The number of sulfone groups is 1. The van der Waals surface area contributed by atoms with Crippen molar-refractivity contribution < 1.29 is 13.2 Å². The van der Waals surface area contributed by atoms with Gasteiger partial charge in [-0.2, -0.15) is 0 Å². The predicted molar refractivity (Wildman–Crippen MR) is 128 cm³/mol. The minimum Gasteiger partial charge on any atom is -0.497 e. The van der Waals surface area contributed by atoms with Gasteiger partial charge in [-0.3, -0.25) is 0 Å². The van der Waals surface area contributed by atoms with Gasteiger partial charge in [0.25, 0.3) is 0 Å². The number of aliphatic imine (C=N–C) groups is 1. The van der Waals surface area contributed by atoms with Gasteiger partial charge in [-0.25, -0.2) is 13.4 Å². The van der Waals surface area contributed by atoms with Crippen LogP contribution < -0.4 is 4.74 Å². The molecule has 1 aliphatic rings. The Labute approximate surface area is 189 Å². The van der Waals surface area contributed by atoms with Gasteiger partial charge in [-0.1, -0.05) is 72.8 Å². The van der Waals surface area contributed by atoms with E-state index in [1.54, 1.807) is 12.0 Å². The first kappa shape index (κ1) is 21.8. The number of allylic oxidation sites excluding steroid dienone is 1. The van der Waals surface area contributed by atoms with Crippen LogP contribution in [0.15, 0.2) is 102 Å². The van der Waals surface area contributed by atoms with Crippen molar-refractivity contribution in [3.8, 4) is 5.75 Å². The maximum atomic E-state index is 13.5. The fourth-order valence-electron chi connectivity index (χ4n) is 3.66. The lowest BCUT2D eigenvalue weighted by Gasteiger charge is -2.31. The van der Waals surface area contributed by atoms with Gasteiger partial charge in [0.15, 0.2) is 9.84 Å². The Morgan fingerprint density at radius 1 is 0.844 bits per heavy atom. The second kappa shape index (κ2) is 9.83. The Kier molecular flexibility index (Phi) is 6.71. The van der Waals surface area contributed by atoms with E-state index in [0.717, 1.165) is 28.2 Å². The highest BCUT2D eigenvalue weighted by atomic mass is 32.2. The van der Waals surface area contributed by atoms with E-state index in [4.69, 9.17) is 9.73 Å². The SMILES string of the molecule is COc1ccc(CN2C=CC(Cc3ccccc3)=NC2S(=O)(=O)Cc2ccccc2)cc1. The molecule has 3 aromatic rings. The molecule has 4 rings (SSSR count). The minimum absolute atomic E-state index is 0.0619. The molecule has 0 aliphatic carbocycles. The van der Waals surface area contributed by atoms with Crippen LogP contribution in [0.4, 0.5) is 0 Å². The molecule has 0 aromatic heterocycles. The lowest BCUT2D eigenvalue weighted by molar-refractivity contribution is 0.333. The zero-order chi connectivity index (χ0) is 22.4. The molecule has 0 saturated heterocycles. The Hall–Kier alpha value is -3.38. The summed E-state index contributed by atoms with van der Waals surface area (Å²) in [5, 5.41) is 0. The molecular weight excluding hydrogens is 420 g/mol. The number of benzene rings is 3. The molecule has 1 atom stereocenters. The monoisotopic (exact) mass is 446 g/mol. The number of hydrogen-bond acceptors (Lipinski definition) is 5. The van der Waals surface area contributed by atoms with E-state index in [-0.39, 0.29) is 5.75 Å². The fraction of sp³-hybridized carbons (Fsp3) is 0.192. The van der Waals surface area contributed by atoms with Crippen LogP contribution >= 0.6 is 0 Å². The molecule has 0 bridgehead atoms. The van der Waals surface area contributed by atoms with Gasteiger partial charge in [-0.05, 0) is 34.9 Å². The first-order chi connectivity index (χ1) is 15.5. The van der Waals surface area contributed by atoms with Crippen LogP contribution in [0.3, 0.4) is 0 Å². The van der Waals surface area contributed by atoms with Crippen LogP contribution in [0.1, 0.15) is 16.7 Å². The van der Waals surface area contributed by atoms with E-state index in [2.05, 4.69) is 0 Å². The second-order valence-corrected chi connectivity index (χ2v) is 9.77. The zero-order valence-corrected chi connectivity index (χ0v) is 18.8. The van der Waals surface area contributed by atoms with Crippen LogP contribution in [0, 0.1) is 0 Å². The van der Waals surface area contributed by atoms with Crippen molar-refractivity contribution in [1.29, 1.82) is 0 Å². The van der Waals surface area contributed by atoms with Crippen molar-refractivity contribution in [3.63, 3.8) is 0 Å². The van der Waals surface area contributed by atoms with E-state index in [1.165, 1.54) is 0 Å². The van der Waals surface area contributed by atoms with Gasteiger partial charge >= 0.3 is 0 Å². The van der Waals surface area contributed by atoms with Gasteiger partial charge in [-0.15, -0.1) is 0 Å². The zero-order valence-electron chi connectivity index (χ0n) is 18.0. The van der Waals surface area contributed by atoms with Crippen LogP contribution in [-0.4, -0.2) is 31.6 Å². The number of hydrogen-bond donors (Lipinski definition) is 0. The number of rotatable bonds is 8. The molecular formula is C26H26N2O3S. The van der Waals surface area contributed by atoms with Crippen LogP contribution in [0.5, 0.6) is 5.75 Å². The average Bonchev–Trinajstić information content (AvgIpc) is 2.81. The van der Waals surface area contributed by atoms with Gasteiger partial charge in [0.1, 0.15) is 5.75 Å². The lowest BCUT2D eigenvalue weighted by Crippen LogP contribution is -2.39. The Morgan fingerprint density at radius 3 is 2.09 bits per heavy atom. The average molecular weight is 447 g/mol. The van der Waals surface area contributed by atoms with Crippen LogP contribution in [-0.2, 0) is 28.6 Å². The maximum absolute atomic E-state index is 13.5. The summed E-state index contributed by atoms with van der Waals surface area (Å²) in [6, 6.07) is 26.8. The Morgan fingerprint density at radius 2 is 1.47 bits per heavy atom. The highest BCUT2D eigenvalue weighted by Crippen LogP contribution is 2.23. The van der Waals surface area contributed by atoms with E-state index >= 15 is 0 Å². The predicted octanol–water partition coefficient (Wildman–Crippen LogP) is 4.61. The molecule has 0 spiro atoms. The molecule has 1 heterocycles. The molecule has 32 heavy (non-hydrogen) atoms. The molecule has 5 nitrogen and oxygen atoms in total. The largest absolute Gasteiger partial charge is 0.497 e. The van der Waals surface area contributed by atoms with Crippen LogP contribution in [0.25, 0.3) is 0 Å². The van der Waals surface area contributed by atoms with Crippen molar-refractivity contribution >= 4 is 15.5 Å².